The van der Waals surface area contributed by atoms with Crippen LogP contribution >= 0.6 is 27.7 Å². The minimum absolute atomic E-state index is 0.00187. The van der Waals surface area contributed by atoms with Crippen LogP contribution in [0.15, 0.2) is 24.3 Å². The lowest BCUT2D eigenvalue weighted by atomic mass is 10.1. The molecule has 0 aromatic heterocycles. The quantitative estimate of drug-likeness (QED) is 0.847. The van der Waals surface area contributed by atoms with Gasteiger partial charge in [0.1, 0.15) is 0 Å². The van der Waals surface area contributed by atoms with Crippen molar-refractivity contribution < 1.29 is 4.79 Å². The molecule has 0 spiro atoms. The van der Waals surface area contributed by atoms with Crippen molar-refractivity contribution in [3.63, 3.8) is 0 Å². The monoisotopic (exact) mass is 301 g/mol. The Labute approximate surface area is 109 Å². The van der Waals surface area contributed by atoms with Crippen LogP contribution in [0.25, 0.3) is 0 Å². The van der Waals surface area contributed by atoms with Gasteiger partial charge < -0.3 is 5.32 Å². The Bertz CT molecular complexity index is 339. The SMILES string of the molecule is CSC(C)CNC(=O)c1ccc(CBr)cc1. The first kappa shape index (κ1) is 13.6. The Morgan fingerprint density at radius 3 is 2.56 bits per heavy atom. The molecule has 1 atom stereocenters. The normalized spacial score (nSPS) is 12.2. The van der Waals surface area contributed by atoms with Crippen LogP contribution in [0.4, 0.5) is 0 Å². The van der Waals surface area contributed by atoms with E-state index >= 15 is 0 Å². The van der Waals surface area contributed by atoms with Crippen molar-refractivity contribution in [3.8, 4) is 0 Å². The van der Waals surface area contributed by atoms with E-state index in [1.165, 1.54) is 5.56 Å². The Kier molecular flexibility index (Phi) is 5.91. The van der Waals surface area contributed by atoms with E-state index in [0.717, 1.165) is 10.9 Å². The van der Waals surface area contributed by atoms with E-state index in [9.17, 15) is 4.79 Å². The van der Waals surface area contributed by atoms with Crippen molar-refractivity contribution >= 4 is 33.6 Å². The van der Waals surface area contributed by atoms with E-state index in [4.69, 9.17) is 0 Å². The molecule has 0 radical (unpaired) electrons. The fourth-order valence-electron chi connectivity index (χ4n) is 1.17. The first-order valence-electron chi connectivity index (χ1n) is 5.13. The zero-order chi connectivity index (χ0) is 12.0. The van der Waals surface area contributed by atoms with Gasteiger partial charge in [-0.1, -0.05) is 35.0 Å². The number of benzene rings is 1. The van der Waals surface area contributed by atoms with Gasteiger partial charge in [-0.2, -0.15) is 11.8 Å². The molecule has 0 aliphatic rings. The third-order valence-corrected chi connectivity index (χ3v) is 3.94. The Balaban J connectivity index is 2.52. The standard InChI is InChI=1S/C12H16BrNOS/c1-9(16-2)8-14-12(15)11-5-3-10(7-13)4-6-11/h3-6,9H,7-8H2,1-2H3,(H,14,15). The molecule has 1 amide bonds. The third-order valence-electron chi connectivity index (χ3n) is 2.32. The molecule has 1 aromatic carbocycles. The molecule has 1 N–H and O–H groups in total. The molecule has 0 aliphatic heterocycles. The largest absolute Gasteiger partial charge is 0.351 e. The van der Waals surface area contributed by atoms with Gasteiger partial charge in [0, 0.05) is 22.7 Å². The average molecular weight is 302 g/mol. The van der Waals surface area contributed by atoms with Crippen LogP contribution in [0.5, 0.6) is 0 Å². The van der Waals surface area contributed by atoms with E-state index in [-0.39, 0.29) is 5.91 Å². The zero-order valence-electron chi connectivity index (χ0n) is 9.50. The van der Waals surface area contributed by atoms with Gasteiger partial charge in [0.15, 0.2) is 0 Å². The number of carbonyl (C=O) groups excluding carboxylic acids is 1. The molecular weight excluding hydrogens is 286 g/mol. The number of amides is 1. The maximum atomic E-state index is 11.7. The lowest BCUT2D eigenvalue weighted by Gasteiger charge is -2.09. The Hall–Kier alpha value is -0.480. The zero-order valence-corrected chi connectivity index (χ0v) is 11.9. The molecule has 88 valence electrons. The molecule has 1 rings (SSSR count). The van der Waals surface area contributed by atoms with Crippen LogP contribution in [0.1, 0.15) is 22.8 Å². The number of hydrogen-bond acceptors (Lipinski definition) is 2. The highest BCUT2D eigenvalue weighted by atomic mass is 79.9. The summed E-state index contributed by atoms with van der Waals surface area (Å²) in [6.45, 7) is 2.80. The first-order chi connectivity index (χ1) is 7.67. The average Bonchev–Trinajstić information content (AvgIpc) is 2.35. The predicted octanol–water partition coefficient (Wildman–Crippen LogP) is 3.06. The van der Waals surface area contributed by atoms with Crippen molar-refractivity contribution in [2.24, 2.45) is 0 Å². The summed E-state index contributed by atoms with van der Waals surface area (Å²) in [7, 11) is 0. The van der Waals surface area contributed by atoms with Gasteiger partial charge in [-0.3, -0.25) is 4.79 Å². The van der Waals surface area contributed by atoms with Crippen LogP contribution in [0.3, 0.4) is 0 Å². The second kappa shape index (κ2) is 6.97. The highest BCUT2D eigenvalue weighted by Gasteiger charge is 2.06. The number of thioether (sulfide) groups is 1. The topological polar surface area (TPSA) is 29.1 Å². The van der Waals surface area contributed by atoms with Gasteiger partial charge in [-0.05, 0) is 24.0 Å². The maximum absolute atomic E-state index is 11.7. The Morgan fingerprint density at radius 1 is 1.44 bits per heavy atom. The third kappa shape index (κ3) is 4.18. The predicted molar refractivity (Wildman–Crippen MR) is 74.4 cm³/mol. The summed E-state index contributed by atoms with van der Waals surface area (Å²) in [5, 5.41) is 4.18. The molecule has 16 heavy (non-hydrogen) atoms. The van der Waals surface area contributed by atoms with Crippen molar-refractivity contribution in [1.82, 2.24) is 5.32 Å². The number of rotatable bonds is 5. The molecule has 2 nitrogen and oxygen atoms in total. The minimum atomic E-state index is 0.00187. The summed E-state index contributed by atoms with van der Waals surface area (Å²) >= 11 is 5.12. The van der Waals surface area contributed by atoms with Crippen LogP contribution in [-0.4, -0.2) is 24.0 Å². The number of hydrogen-bond donors (Lipinski definition) is 1. The first-order valence-corrected chi connectivity index (χ1v) is 7.54. The highest BCUT2D eigenvalue weighted by Crippen LogP contribution is 2.08. The van der Waals surface area contributed by atoms with Crippen molar-refractivity contribution in [2.75, 3.05) is 12.8 Å². The summed E-state index contributed by atoms with van der Waals surface area (Å²) < 4.78 is 0. The van der Waals surface area contributed by atoms with E-state index in [0.29, 0.717) is 11.8 Å². The fraction of sp³-hybridized carbons (Fsp3) is 0.417. The van der Waals surface area contributed by atoms with Gasteiger partial charge in [0.25, 0.3) is 5.91 Å². The second-order valence-electron chi connectivity index (χ2n) is 3.59. The van der Waals surface area contributed by atoms with Crippen LogP contribution in [-0.2, 0) is 5.33 Å². The van der Waals surface area contributed by atoms with Gasteiger partial charge in [-0.15, -0.1) is 0 Å². The van der Waals surface area contributed by atoms with Gasteiger partial charge in [0.05, 0.1) is 0 Å². The summed E-state index contributed by atoms with van der Waals surface area (Å²) in [4.78, 5) is 11.7. The van der Waals surface area contributed by atoms with Gasteiger partial charge in [0.2, 0.25) is 0 Å². The van der Waals surface area contributed by atoms with E-state index < -0.39 is 0 Å². The van der Waals surface area contributed by atoms with Crippen LogP contribution < -0.4 is 5.32 Å². The molecule has 0 aliphatic carbocycles. The molecule has 0 fully saturated rings. The number of nitrogens with one attached hydrogen (secondary N) is 1. The lowest BCUT2D eigenvalue weighted by Crippen LogP contribution is -2.29. The molecule has 0 saturated heterocycles. The van der Waals surface area contributed by atoms with Crippen molar-refractivity contribution in [2.45, 2.75) is 17.5 Å². The number of carbonyl (C=O) groups is 1. The molecule has 4 heteroatoms. The van der Waals surface area contributed by atoms with E-state index in [1.54, 1.807) is 11.8 Å². The van der Waals surface area contributed by atoms with Crippen molar-refractivity contribution in [1.29, 1.82) is 0 Å². The minimum Gasteiger partial charge on any atom is -0.351 e. The van der Waals surface area contributed by atoms with Gasteiger partial charge >= 0.3 is 0 Å². The molecular formula is C12H16BrNOS. The van der Waals surface area contributed by atoms with Crippen LogP contribution in [0.2, 0.25) is 0 Å². The molecule has 0 bridgehead atoms. The number of halogens is 1. The van der Waals surface area contributed by atoms with E-state index in [1.807, 2.05) is 30.5 Å². The molecule has 1 aromatic rings. The summed E-state index contributed by atoms with van der Waals surface area (Å²) in [6.07, 6.45) is 2.04. The lowest BCUT2D eigenvalue weighted by molar-refractivity contribution is 0.0954. The summed E-state index contributed by atoms with van der Waals surface area (Å²) in [6, 6.07) is 7.63. The smallest absolute Gasteiger partial charge is 0.251 e. The Morgan fingerprint density at radius 2 is 2.06 bits per heavy atom. The summed E-state index contributed by atoms with van der Waals surface area (Å²) in [5.41, 5.74) is 1.90. The molecule has 0 heterocycles. The highest BCUT2D eigenvalue weighted by molar-refractivity contribution is 9.08. The number of alkyl halides is 1. The van der Waals surface area contributed by atoms with Crippen molar-refractivity contribution in [3.05, 3.63) is 35.4 Å². The van der Waals surface area contributed by atoms with Gasteiger partial charge in [-0.25, -0.2) is 0 Å². The maximum Gasteiger partial charge on any atom is 0.251 e. The summed E-state index contributed by atoms with van der Waals surface area (Å²) in [5.74, 6) is 0.00187. The molecule has 0 saturated carbocycles. The molecule has 1 unspecified atom stereocenters. The second-order valence-corrected chi connectivity index (χ2v) is 5.42. The fourth-order valence-corrected chi connectivity index (χ4v) is 1.79. The van der Waals surface area contributed by atoms with Crippen LogP contribution in [0, 0.1) is 0 Å². The van der Waals surface area contributed by atoms with E-state index in [2.05, 4.69) is 28.2 Å².